The SMILES string of the molecule is O=C(CNS(=O)(=O)/C=C/c1ccccc1)OCC(=O)c1ccc(Cl)cc1Cl. The third-order valence-corrected chi connectivity index (χ3v) is 4.84. The number of benzene rings is 2. The molecule has 0 amide bonds. The van der Waals surface area contributed by atoms with Crippen molar-refractivity contribution in [3.05, 3.63) is 75.1 Å². The second-order valence-electron chi connectivity index (χ2n) is 5.29. The summed E-state index contributed by atoms with van der Waals surface area (Å²) >= 11 is 11.6. The van der Waals surface area contributed by atoms with Crippen LogP contribution in [0.2, 0.25) is 10.0 Å². The van der Waals surface area contributed by atoms with Gasteiger partial charge in [0.25, 0.3) is 0 Å². The summed E-state index contributed by atoms with van der Waals surface area (Å²) in [6.45, 7) is -1.18. The van der Waals surface area contributed by atoms with Crippen LogP contribution in [-0.4, -0.2) is 33.3 Å². The first-order valence-corrected chi connectivity index (χ1v) is 9.94. The molecule has 2 rings (SSSR count). The highest BCUT2D eigenvalue weighted by Crippen LogP contribution is 2.21. The average molecular weight is 428 g/mol. The lowest BCUT2D eigenvalue weighted by Gasteiger charge is -2.06. The van der Waals surface area contributed by atoms with Crippen LogP contribution in [0.1, 0.15) is 15.9 Å². The van der Waals surface area contributed by atoms with E-state index >= 15 is 0 Å². The molecule has 1 N–H and O–H groups in total. The van der Waals surface area contributed by atoms with Gasteiger partial charge in [-0.25, -0.2) is 13.1 Å². The van der Waals surface area contributed by atoms with Crippen LogP contribution in [-0.2, 0) is 19.6 Å². The fourth-order valence-electron chi connectivity index (χ4n) is 1.93. The summed E-state index contributed by atoms with van der Waals surface area (Å²) in [4.78, 5) is 23.6. The van der Waals surface area contributed by atoms with Gasteiger partial charge in [-0.3, -0.25) is 9.59 Å². The van der Waals surface area contributed by atoms with E-state index in [-0.39, 0.29) is 10.6 Å². The third kappa shape index (κ3) is 7.15. The number of nitrogens with one attached hydrogen (secondary N) is 1. The fraction of sp³-hybridized carbons (Fsp3) is 0.111. The third-order valence-electron chi connectivity index (χ3n) is 3.25. The molecule has 2 aromatic rings. The summed E-state index contributed by atoms with van der Waals surface area (Å²) in [7, 11) is -3.83. The Labute approximate surface area is 166 Å². The number of carbonyl (C=O) groups is 2. The van der Waals surface area contributed by atoms with Gasteiger partial charge in [0, 0.05) is 16.0 Å². The van der Waals surface area contributed by atoms with Crippen molar-refractivity contribution >= 4 is 51.1 Å². The highest BCUT2D eigenvalue weighted by Gasteiger charge is 2.15. The van der Waals surface area contributed by atoms with Gasteiger partial charge >= 0.3 is 5.97 Å². The molecule has 0 aromatic heterocycles. The minimum absolute atomic E-state index is 0.135. The lowest BCUT2D eigenvalue weighted by atomic mass is 10.1. The number of Topliss-reactive ketones (excluding diaryl/α,β-unsaturated/α-hetero) is 1. The Morgan fingerprint density at radius 3 is 2.44 bits per heavy atom. The van der Waals surface area contributed by atoms with Crippen molar-refractivity contribution in [3.63, 3.8) is 0 Å². The van der Waals surface area contributed by atoms with Crippen LogP contribution in [0.25, 0.3) is 6.08 Å². The number of hydrogen-bond donors (Lipinski definition) is 1. The standard InChI is InChI=1S/C18H15Cl2NO5S/c19-14-6-7-15(16(20)10-14)17(22)12-26-18(23)11-21-27(24,25)9-8-13-4-2-1-3-5-13/h1-10,21H,11-12H2/b9-8+. The van der Waals surface area contributed by atoms with Gasteiger partial charge in [-0.1, -0.05) is 53.5 Å². The van der Waals surface area contributed by atoms with Gasteiger partial charge < -0.3 is 4.74 Å². The molecular formula is C18H15Cl2NO5S. The topological polar surface area (TPSA) is 89.5 Å². The average Bonchev–Trinajstić information content (AvgIpc) is 2.64. The van der Waals surface area contributed by atoms with E-state index in [0.717, 1.165) is 5.41 Å². The van der Waals surface area contributed by atoms with Crippen molar-refractivity contribution in [2.75, 3.05) is 13.2 Å². The fourth-order valence-corrected chi connectivity index (χ4v) is 3.20. The van der Waals surface area contributed by atoms with Crippen molar-refractivity contribution < 1.29 is 22.7 Å². The predicted molar refractivity (Wildman–Crippen MR) is 104 cm³/mol. The van der Waals surface area contributed by atoms with Crippen LogP contribution in [0.5, 0.6) is 0 Å². The molecule has 0 saturated carbocycles. The van der Waals surface area contributed by atoms with Crippen LogP contribution >= 0.6 is 23.2 Å². The van der Waals surface area contributed by atoms with E-state index in [1.165, 1.54) is 24.3 Å². The molecule has 142 valence electrons. The molecule has 0 aliphatic heterocycles. The number of halogens is 2. The molecule has 0 bridgehead atoms. The smallest absolute Gasteiger partial charge is 0.321 e. The Bertz CT molecular complexity index is 959. The van der Waals surface area contributed by atoms with Crippen LogP contribution < -0.4 is 4.72 Å². The molecule has 0 fully saturated rings. The van der Waals surface area contributed by atoms with Gasteiger partial charge in [-0.2, -0.15) is 0 Å². The molecule has 0 radical (unpaired) electrons. The van der Waals surface area contributed by atoms with Gasteiger partial charge in [0.05, 0.1) is 5.02 Å². The Balaban J connectivity index is 1.83. The maximum atomic E-state index is 12.0. The van der Waals surface area contributed by atoms with Gasteiger partial charge in [-0.05, 0) is 29.8 Å². The summed E-state index contributed by atoms with van der Waals surface area (Å²) < 4.78 is 30.5. The lowest BCUT2D eigenvalue weighted by molar-refractivity contribution is -0.141. The van der Waals surface area contributed by atoms with Gasteiger partial charge in [0.15, 0.2) is 6.61 Å². The summed E-state index contributed by atoms with van der Waals surface area (Å²) in [5.41, 5.74) is 0.844. The maximum Gasteiger partial charge on any atom is 0.321 e. The van der Waals surface area contributed by atoms with Crippen LogP contribution in [0.4, 0.5) is 0 Å². The molecular weight excluding hydrogens is 413 g/mol. The normalized spacial score (nSPS) is 11.5. The summed E-state index contributed by atoms with van der Waals surface area (Å²) in [5.74, 6) is -1.43. The molecule has 0 spiro atoms. The Hall–Kier alpha value is -2.19. The highest BCUT2D eigenvalue weighted by atomic mass is 35.5. The van der Waals surface area contributed by atoms with Crippen molar-refractivity contribution in [2.24, 2.45) is 0 Å². The van der Waals surface area contributed by atoms with E-state index in [2.05, 4.69) is 4.72 Å². The molecule has 0 saturated heterocycles. The number of rotatable bonds is 8. The number of esters is 1. The van der Waals surface area contributed by atoms with E-state index in [4.69, 9.17) is 27.9 Å². The largest absolute Gasteiger partial charge is 0.456 e. The molecule has 0 aliphatic rings. The highest BCUT2D eigenvalue weighted by molar-refractivity contribution is 7.92. The number of hydrogen-bond acceptors (Lipinski definition) is 5. The molecule has 27 heavy (non-hydrogen) atoms. The van der Waals surface area contributed by atoms with Gasteiger partial charge in [0.1, 0.15) is 6.54 Å². The molecule has 0 atom stereocenters. The second-order valence-corrected chi connectivity index (χ2v) is 7.78. The lowest BCUT2D eigenvalue weighted by Crippen LogP contribution is -2.30. The zero-order chi connectivity index (χ0) is 19.9. The molecule has 9 heteroatoms. The maximum absolute atomic E-state index is 12.0. The van der Waals surface area contributed by atoms with E-state index in [1.807, 2.05) is 0 Å². The predicted octanol–water partition coefficient (Wildman–Crippen LogP) is 3.31. The first-order valence-electron chi connectivity index (χ1n) is 7.63. The number of ether oxygens (including phenoxy) is 1. The molecule has 0 heterocycles. The first-order chi connectivity index (χ1) is 12.8. The Morgan fingerprint density at radius 1 is 1.07 bits per heavy atom. The molecule has 0 unspecified atom stereocenters. The Kier molecular flexibility index (Phi) is 7.55. The Morgan fingerprint density at radius 2 is 1.78 bits per heavy atom. The van der Waals surface area contributed by atoms with Crippen molar-refractivity contribution in [1.82, 2.24) is 4.72 Å². The quantitative estimate of drug-likeness (QED) is 0.515. The number of ketones is 1. The van der Waals surface area contributed by atoms with Crippen LogP contribution in [0, 0.1) is 0 Å². The first kappa shape index (κ1) is 21.1. The van der Waals surface area contributed by atoms with Crippen LogP contribution in [0.15, 0.2) is 53.9 Å². The zero-order valence-corrected chi connectivity index (χ0v) is 16.2. The summed E-state index contributed by atoms with van der Waals surface area (Å²) in [6, 6.07) is 13.1. The number of carbonyl (C=O) groups excluding carboxylic acids is 2. The monoisotopic (exact) mass is 427 g/mol. The van der Waals surface area contributed by atoms with Gasteiger partial charge in [-0.15, -0.1) is 0 Å². The van der Waals surface area contributed by atoms with E-state index in [1.54, 1.807) is 30.3 Å². The molecule has 6 nitrogen and oxygen atoms in total. The molecule has 0 aliphatic carbocycles. The van der Waals surface area contributed by atoms with E-state index in [0.29, 0.717) is 10.6 Å². The minimum Gasteiger partial charge on any atom is -0.456 e. The summed E-state index contributed by atoms with van der Waals surface area (Å²) in [6.07, 6.45) is 1.39. The van der Waals surface area contributed by atoms with Crippen molar-refractivity contribution in [3.8, 4) is 0 Å². The second kappa shape index (κ2) is 9.66. The van der Waals surface area contributed by atoms with E-state index in [9.17, 15) is 18.0 Å². The zero-order valence-electron chi connectivity index (χ0n) is 13.9. The van der Waals surface area contributed by atoms with Crippen molar-refractivity contribution in [2.45, 2.75) is 0 Å². The van der Waals surface area contributed by atoms with Gasteiger partial charge in [0.2, 0.25) is 15.8 Å². The van der Waals surface area contributed by atoms with E-state index < -0.39 is 34.9 Å². The van der Waals surface area contributed by atoms with Crippen LogP contribution in [0.3, 0.4) is 0 Å². The summed E-state index contributed by atoms with van der Waals surface area (Å²) in [5, 5.41) is 1.44. The number of sulfonamides is 1. The minimum atomic E-state index is -3.83. The molecule has 2 aromatic carbocycles. The van der Waals surface area contributed by atoms with Crippen molar-refractivity contribution in [1.29, 1.82) is 0 Å².